The number of carbonyl (C=O) groups is 3. The number of allylic oxidation sites excluding steroid dienone is 2. The maximum atomic E-state index is 13.4. The molecule has 0 aromatic heterocycles. The number of amides is 2. The van der Waals surface area contributed by atoms with Crippen molar-refractivity contribution >= 4 is 17.8 Å². The summed E-state index contributed by atoms with van der Waals surface area (Å²) in [6.45, 7) is 2.17. The Kier molecular flexibility index (Phi) is 39.7. The van der Waals surface area contributed by atoms with Gasteiger partial charge in [-0.15, -0.1) is 0 Å². The molecule has 3 saturated heterocycles. The molecule has 85 heavy (non-hydrogen) atoms. The van der Waals surface area contributed by atoms with Crippen LogP contribution in [0.3, 0.4) is 0 Å². The van der Waals surface area contributed by atoms with Crippen LogP contribution >= 0.6 is 0 Å². The Labute approximate surface area is 505 Å². The van der Waals surface area contributed by atoms with Crippen LogP contribution in [-0.4, -0.2) is 215 Å². The lowest BCUT2D eigenvalue weighted by Crippen LogP contribution is -2.70. The number of carboxylic acid groups (broad SMARTS) is 1. The van der Waals surface area contributed by atoms with Gasteiger partial charge in [0.05, 0.1) is 50.7 Å². The molecule has 3 heterocycles. The Morgan fingerprint density at radius 3 is 1.59 bits per heavy atom. The number of carbonyl (C=O) groups excluding carboxylic acids is 2. The molecule has 18 atom stereocenters. The molecule has 0 bridgehead atoms. The zero-order chi connectivity index (χ0) is 62.6. The molecular formula is C62H114N2O21. The summed E-state index contributed by atoms with van der Waals surface area (Å²) in [6.07, 6.45) is 9.44. The van der Waals surface area contributed by atoms with Crippen molar-refractivity contribution in [1.29, 1.82) is 0 Å². The fourth-order valence-electron chi connectivity index (χ4n) is 11.5. The van der Waals surface area contributed by atoms with Crippen molar-refractivity contribution in [1.82, 2.24) is 10.6 Å². The number of hydrogen-bond donors (Lipinski definition) is 14. The molecule has 0 aromatic rings. The van der Waals surface area contributed by atoms with Crippen molar-refractivity contribution in [3.8, 4) is 0 Å². The van der Waals surface area contributed by atoms with Crippen molar-refractivity contribution in [2.24, 2.45) is 0 Å². The molecule has 3 rings (SSSR count). The lowest BCUT2D eigenvalue weighted by Gasteiger charge is -2.50. The lowest BCUT2D eigenvalue weighted by atomic mass is 9.88. The third-order valence-electron chi connectivity index (χ3n) is 16.7. The van der Waals surface area contributed by atoms with Gasteiger partial charge in [-0.25, -0.2) is 4.79 Å². The van der Waals surface area contributed by atoms with Crippen LogP contribution < -0.4 is 10.6 Å². The van der Waals surface area contributed by atoms with E-state index >= 15 is 0 Å². The summed E-state index contributed by atoms with van der Waals surface area (Å²) >= 11 is 0. The minimum Gasteiger partial charge on any atom is -0.477 e. The van der Waals surface area contributed by atoms with Gasteiger partial charge in [0.1, 0.15) is 67.1 Å². The van der Waals surface area contributed by atoms with Gasteiger partial charge in [0.2, 0.25) is 11.8 Å². The fourth-order valence-corrected chi connectivity index (χ4v) is 11.5. The summed E-state index contributed by atoms with van der Waals surface area (Å²) in [5.41, 5.74) is 0. The molecule has 0 radical (unpaired) electrons. The summed E-state index contributed by atoms with van der Waals surface area (Å²) in [5, 5.41) is 136. The van der Waals surface area contributed by atoms with Crippen LogP contribution in [0.15, 0.2) is 12.2 Å². The number of aliphatic hydroxyl groups excluding tert-OH is 11. The van der Waals surface area contributed by atoms with E-state index in [2.05, 4.69) is 36.6 Å². The minimum absolute atomic E-state index is 0.219. The van der Waals surface area contributed by atoms with E-state index in [1.54, 1.807) is 0 Å². The number of carboxylic acids is 1. The molecule has 14 N–H and O–H groups in total. The molecule has 23 heteroatoms. The van der Waals surface area contributed by atoms with E-state index in [1.807, 2.05) is 0 Å². The van der Waals surface area contributed by atoms with Crippen molar-refractivity contribution in [3.63, 3.8) is 0 Å². The average molecular weight is 1220 g/mol. The molecule has 2 amide bonds. The zero-order valence-corrected chi connectivity index (χ0v) is 51.5. The first-order valence-electron chi connectivity index (χ1n) is 32.5. The molecule has 0 aromatic carbocycles. The third-order valence-corrected chi connectivity index (χ3v) is 16.7. The molecule has 498 valence electrons. The molecule has 3 aliphatic rings. The first kappa shape index (κ1) is 76.7. The van der Waals surface area contributed by atoms with Gasteiger partial charge in [-0.05, 0) is 38.5 Å². The van der Waals surface area contributed by atoms with Crippen molar-refractivity contribution in [2.75, 3.05) is 26.4 Å². The van der Waals surface area contributed by atoms with Crippen LogP contribution in [-0.2, 0) is 42.8 Å². The Morgan fingerprint density at radius 2 is 1.09 bits per heavy atom. The summed E-state index contributed by atoms with van der Waals surface area (Å²) < 4.78 is 34.8. The molecule has 0 spiro atoms. The fraction of sp³-hybridized carbons (Fsp3) is 0.919. The highest BCUT2D eigenvalue weighted by Gasteiger charge is 2.60. The second-order valence-corrected chi connectivity index (χ2v) is 24.0. The number of nitrogens with one attached hydrogen (secondary N) is 2. The standard InChI is InChI=1S/C62H114N2O21/c1-4-6-8-10-12-14-16-18-19-20-21-22-23-24-26-28-30-32-34-36-49(72)64-43(44(69)35-33-31-29-27-25-17-15-13-11-9-7-5-2)41-80-59-54(76)53(75)56(48(40-67)82-59)83-60-55(77)58(52(74)47(39-66)81-60)85-62(61(78)79)37-45(70)50(63-42(3)68)57(84-62)51(73)46(71)38-65/h20-21,43-48,50-60,65-67,69-71,73-77H,4-19,22-41H2,1-3H3,(H,63,68)(H,64,72)(H,78,79)/b21-20-. The second-order valence-electron chi connectivity index (χ2n) is 24.0. The van der Waals surface area contributed by atoms with E-state index in [4.69, 9.17) is 28.4 Å². The second kappa shape index (κ2) is 44.0. The van der Waals surface area contributed by atoms with Gasteiger partial charge in [-0.2, -0.15) is 0 Å². The first-order valence-corrected chi connectivity index (χ1v) is 32.5. The number of aliphatic hydroxyl groups is 11. The smallest absolute Gasteiger partial charge is 0.364 e. The maximum Gasteiger partial charge on any atom is 0.364 e. The summed E-state index contributed by atoms with van der Waals surface area (Å²) in [7, 11) is 0. The van der Waals surface area contributed by atoms with Gasteiger partial charge in [-0.3, -0.25) is 9.59 Å². The summed E-state index contributed by atoms with van der Waals surface area (Å²) in [4.78, 5) is 38.5. The van der Waals surface area contributed by atoms with Crippen LogP contribution in [0.1, 0.15) is 226 Å². The SMILES string of the molecule is CCCCCCCCCC/C=C\CCCCCCCCCC(=O)NC(COC1OC(CO)C(OC2OC(CO)C(O)C(OC3(C(=O)O)CC(O)C(NC(C)=O)C(C(O)C(O)CO)O3)C2O)C(O)C1O)C(O)CCCCCCCCCCCCCC. The normalized spacial score (nSPS) is 29.6. The Bertz CT molecular complexity index is 1790. The highest BCUT2D eigenvalue weighted by Crippen LogP contribution is 2.38. The van der Waals surface area contributed by atoms with Crippen molar-refractivity contribution < 1.29 is 104 Å². The van der Waals surface area contributed by atoms with E-state index in [0.717, 1.165) is 84.0 Å². The Hall–Kier alpha value is -2.53. The van der Waals surface area contributed by atoms with E-state index in [0.29, 0.717) is 19.3 Å². The highest BCUT2D eigenvalue weighted by atomic mass is 16.8. The summed E-state index contributed by atoms with van der Waals surface area (Å²) in [6, 6.07) is -2.53. The molecule has 23 nitrogen and oxygen atoms in total. The predicted molar refractivity (Wildman–Crippen MR) is 315 cm³/mol. The predicted octanol–water partition coefficient (Wildman–Crippen LogP) is 4.34. The van der Waals surface area contributed by atoms with Crippen LogP contribution in [0.2, 0.25) is 0 Å². The monoisotopic (exact) mass is 1220 g/mol. The molecular weight excluding hydrogens is 1110 g/mol. The quantitative estimate of drug-likeness (QED) is 0.0298. The Morgan fingerprint density at radius 1 is 0.600 bits per heavy atom. The van der Waals surface area contributed by atoms with E-state index < -0.39 is 148 Å². The van der Waals surface area contributed by atoms with Crippen LogP contribution in [0.4, 0.5) is 0 Å². The van der Waals surface area contributed by atoms with Gasteiger partial charge >= 0.3 is 5.97 Å². The van der Waals surface area contributed by atoms with E-state index in [1.165, 1.54) is 96.3 Å². The number of rotatable bonds is 48. The average Bonchev–Trinajstić information content (AvgIpc) is 1.25. The topological polar surface area (TPSA) is 373 Å². The van der Waals surface area contributed by atoms with Crippen molar-refractivity contribution in [2.45, 2.75) is 336 Å². The van der Waals surface area contributed by atoms with Gasteiger partial charge in [0.15, 0.2) is 12.6 Å². The van der Waals surface area contributed by atoms with Gasteiger partial charge in [-0.1, -0.05) is 180 Å². The summed E-state index contributed by atoms with van der Waals surface area (Å²) in [5.74, 6) is -6.11. The molecule has 3 fully saturated rings. The number of ether oxygens (including phenoxy) is 6. The molecule has 18 unspecified atom stereocenters. The van der Waals surface area contributed by atoms with Gasteiger partial charge in [0.25, 0.3) is 5.79 Å². The zero-order valence-electron chi connectivity index (χ0n) is 51.5. The van der Waals surface area contributed by atoms with Gasteiger partial charge < -0.3 is 100 Å². The molecule has 0 saturated carbocycles. The van der Waals surface area contributed by atoms with Crippen LogP contribution in [0.5, 0.6) is 0 Å². The third kappa shape index (κ3) is 27.6. The molecule has 3 aliphatic heterocycles. The highest BCUT2D eigenvalue weighted by molar-refractivity contribution is 5.77. The lowest BCUT2D eigenvalue weighted by molar-refractivity contribution is -0.386. The minimum atomic E-state index is -3.08. The number of unbranched alkanes of at least 4 members (excludes halogenated alkanes) is 26. The largest absolute Gasteiger partial charge is 0.477 e. The number of aliphatic carboxylic acids is 1. The van der Waals surface area contributed by atoms with Crippen LogP contribution in [0, 0.1) is 0 Å². The van der Waals surface area contributed by atoms with E-state index in [9.17, 15) is 75.7 Å². The Balaban J connectivity index is 1.62. The van der Waals surface area contributed by atoms with Crippen LogP contribution in [0.25, 0.3) is 0 Å². The first-order chi connectivity index (χ1) is 40.9. The van der Waals surface area contributed by atoms with Gasteiger partial charge in [0, 0.05) is 19.8 Å². The molecule has 0 aliphatic carbocycles. The number of hydrogen-bond acceptors (Lipinski definition) is 20. The maximum absolute atomic E-state index is 13.4. The van der Waals surface area contributed by atoms with Crippen molar-refractivity contribution in [3.05, 3.63) is 12.2 Å². The van der Waals surface area contributed by atoms with E-state index in [-0.39, 0.29) is 18.9 Å².